The van der Waals surface area contributed by atoms with E-state index in [0.29, 0.717) is 12.6 Å². The molecule has 2 atom stereocenters. The van der Waals surface area contributed by atoms with E-state index in [0.717, 1.165) is 25.9 Å². The standard InChI is InChI=1S/C15H22N2O2S.C2HF3O2/c1-12-3-5-13(6-4-12)11-16-9-7-15-14(16)8-10-17(15)20(2,18)19;3-2(4,5)1(6)7/h3-6,14-15H,7-11H2,1-2H3;(H,6,7)/t14-,15+;/m1./s1. The molecule has 3 rings (SSSR count). The molecular weight excluding hydrogens is 385 g/mol. The van der Waals surface area contributed by atoms with Gasteiger partial charge in [-0.15, -0.1) is 0 Å². The first-order valence-electron chi connectivity index (χ1n) is 8.46. The van der Waals surface area contributed by atoms with Crippen molar-refractivity contribution in [2.45, 2.75) is 44.6 Å². The van der Waals surface area contributed by atoms with Crippen molar-refractivity contribution < 1.29 is 31.5 Å². The van der Waals surface area contributed by atoms with Gasteiger partial charge in [-0.2, -0.15) is 17.5 Å². The van der Waals surface area contributed by atoms with Crippen molar-refractivity contribution in [3.05, 3.63) is 35.4 Å². The molecule has 0 aliphatic carbocycles. The number of hydrogen-bond acceptors (Lipinski definition) is 4. The molecule has 0 amide bonds. The number of fused-ring (bicyclic) bond motifs is 1. The van der Waals surface area contributed by atoms with Crippen LogP contribution < -0.4 is 0 Å². The van der Waals surface area contributed by atoms with E-state index in [1.807, 2.05) is 0 Å². The van der Waals surface area contributed by atoms with Crippen LogP contribution >= 0.6 is 0 Å². The molecule has 2 saturated heterocycles. The molecule has 6 nitrogen and oxygen atoms in total. The van der Waals surface area contributed by atoms with Crippen LogP contribution in [0.5, 0.6) is 0 Å². The molecule has 10 heteroatoms. The largest absolute Gasteiger partial charge is 0.490 e. The van der Waals surface area contributed by atoms with E-state index < -0.39 is 22.2 Å². The summed E-state index contributed by atoms with van der Waals surface area (Å²) in [5, 5.41) is 7.12. The Labute approximate surface area is 156 Å². The number of rotatable bonds is 3. The van der Waals surface area contributed by atoms with Crippen LogP contribution in [0, 0.1) is 6.92 Å². The van der Waals surface area contributed by atoms with Crippen LogP contribution in [0.15, 0.2) is 24.3 Å². The number of benzene rings is 1. The summed E-state index contributed by atoms with van der Waals surface area (Å²) in [6.45, 7) is 4.70. The Bertz CT molecular complexity index is 765. The fraction of sp³-hybridized carbons (Fsp3) is 0.588. The Balaban J connectivity index is 0.000000321. The van der Waals surface area contributed by atoms with Crippen LogP contribution in [0.25, 0.3) is 0 Å². The molecule has 2 aliphatic rings. The number of carboxylic acid groups (broad SMARTS) is 1. The van der Waals surface area contributed by atoms with E-state index in [1.165, 1.54) is 17.4 Å². The topological polar surface area (TPSA) is 77.9 Å². The third kappa shape index (κ3) is 5.66. The lowest BCUT2D eigenvalue weighted by Crippen LogP contribution is -2.38. The fourth-order valence-electron chi connectivity index (χ4n) is 3.57. The molecule has 1 aromatic carbocycles. The number of aryl methyl sites for hydroxylation is 1. The summed E-state index contributed by atoms with van der Waals surface area (Å²) < 4.78 is 57.0. The highest BCUT2D eigenvalue weighted by Gasteiger charge is 2.45. The lowest BCUT2D eigenvalue weighted by Gasteiger charge is -2.24. The van der Waals surface area contributed by atoms with Crippen molar-refractivity contribution in [2.24, 2.45) is 0 Å². The van der Waals surface area contributed by atoms with E-state index in [4.69, 9.17) is 9.90 Å². The Morgan fingerprint density at radius 1 is 1.15 bits per heavy atom. The average molecular weight is 408 g/mol. The van der Waals surface area contributed by atoms with E-state index in [2.05, 4.69) is 36.1 Å². The normalized spacial score (nSPS) is 23.6. The summed E-state index contributed by atoms with van der Waals surface area (Å²) >= 11 is 0. The maximum Gasteiger partial charge on any atom is 0.490 e. The van der Waals surface area contributed by atoms with Gasteiger partial charge in [0.05, 0.1) is 6.26 Å². The van der Waals surface area contributed by atoms with Crippen molar-refractivity contribution in [1.29, 1.82) is 0 Å². The van der Waals surface area contributed by atoms with Crippen molar-refractivity contribution in [3.63, 3.8) is 0 Å². The van der Waals surface area contributed by atoms with E-state index in [1.54, 1.807) is 4.31 Å². The molecule has 2 aliphatic heterocycles. The highest BCUT2D eigenvalue weighted by atomic mass is 32.2. The molecule has 2 heterocycles. The third-order valence-electron chi connectivity index (χ3n) is 4.82. The van der Waals surface area contributed by atoms with Crippen molar-refractivity contribution in [1.82, 2.24) is 9.21 Å². The number of sulfonamides is 1. The lowest BCUT2D eigenvalue weighted by atomic mass is 10.1. The fourth-order valence-corrected chi connectivity index (χ4v) is 4.75. The molecule has 0 bridgehead atoms. The van der Waals surface area contributed by atoms with Crippen molar-refractivity contribution in [3.8, 4) is 0 Å². The molecule has 152 valence electrons. The highest BCUT2D eigenvalue weighted by Crippen LogP contribution is 2.34. The van der Waals surface area contributed by atoms with Gasteiger partial charge in [0, 0.05) is 31.7 Å². The van der Waals surface area contributed by atoms with Gasteiger partial charge < -0.3 is 5.11 Å². The first kappa shape index (κ1) is 21.6. The monoisotopic (exact) mass is 408 g/mol. The van der Waals surface area contributed by atoms with Crippen LogP contribution in [-0.2, 0) is 21.4 Å². The number of alkyl halides is 3. The van der Waals surface area contributed by atoms with Gasteiger partial charge in [0.1, 0.15) is 0 Å². The summed E-state index contributed by atoms with van der Waals surface area (Å²) in [6.07, 6.45) is -1.83. The quantitative estimate of drug-likeness (QED) is 0.830. The number of aliphatic carboxylic acids is 1. The summed E-state index contributed by atoms with van der Waals surface area (Å²) in [5.41, 5.74) is 2.59. The van der Waals surface area contributed by atoms with Gasteiger partial charge >= 0.3 is 12.1 Å². The second-order valence-corrected chi connectivity index (χ2v) is 8.78. The molecular formula is C17H23F3N2O4S. The minimum atomic E-state index is -5.08. The van der Waals surface area contributed by atoms with Gasteiger partial charge in [-0.25, -0.2) is 13.2 Å². The second kappa shape index (κ2) is 8.15. The molecule has 1 aromatic rings. The van der Waals surface area contributed by atoms with Crippen LogP contribution in [0.2, 0.25) is 0 Å². The van der Waals surface area contributed by atoms with Crippen molar-refractivity contribution in [2.75, 3.05) is 19.3 Å². The minimum Gasteiger partial charge on any atom is -0.475 e. The van der Waals surface area contributed by atoms with E-state index in [9.17, 15) is 21.6 Å². The molecule has 0 spiro atoms. The van der Waals surface area contributed by atoms with Crippen LogP contribution in [0.4, 0.5) is 13.2 Å². The number of likely N-dealkylation sites (tertiary alicyclic amines) is 1. The molecule has 27 heavy (non-hydrogen) atoms. The number of halogens is 3. The van der Waals surface area contributed by atoms with Crippen LogP contribution in [0.1, 0.15) is 24.0 Å². The average Bonchev–Trinajstić information content (AvgIpc) is 3.11. The molecule has 0 radical (unpaired) electrons. The number of carbonyl (C=O) groups is 1. The zero-order valence-corrected chi connectivity index (χ0v) is 15.9. The van der Waals surface area contributed by atoms with Gasteiger partial charge in [0.2, 0.25) is 10.0 Å². The van der Waals surface area contributed by atoms with E-state index in [-0.39, 0.29) is 6.04 Å². The van der Waals surface area contributed by atoms with Crippen LogP contribution in [0.3, 0.4) is 0 Å². The van der Waals surface area contributed by atoms with Crippen molar-refractivity contribution >= 4 is 16.0 Å². The zero-order valence-electron chi connectivity index (χ0n) is 15.1. The Kier molecular flexibility index (Phi) is 6.54. The lowest BCUT2D eigenvalue weighted by molar-refractivity contribution is -0.192. The molecule has 1 N–H and O–H groups in total. The number of carboxylic acids is 1. The predicted octanol–water partition coefficient (Wildman–Crippen LogP) is 2.24. The van der Waals surface area contributed by atoms with Gasteiger partial charge in [-0.1, -0.05) is 29.8 Å². The zero-order chi connectivity index (χ0) is 20.4. The molecule has 0 unspecified atom stereocenters. The number of hydrogen-bond donors (Lipinski definition) is 1. The molecule has 0 saturated carbocycles. The Morgan fingerprint density at radius 2 is 1.67 bits per heavy atom. The SMILES string of the molecule is Cc1ccc(CN2CC[C@H]3[C@H]2CCN3S(C)(=O)=O)cc1.O=C(O)C(F)(F)F. The summed E-state index contributed by atoms with van der Waals surface area (Å²) in [7, 11) is -3.05. The summed E-state index contributed by atoms with van der Waals surface area (Å²) in [6, 6.07) is 9.21. The van der Waals surface area contributed by atoms with E-state index >= 15 is 0 Å². The first-order chi connectivity index (χ1) is 12.4. The summed E-state index contributed by atoms with van der Waals surface area (Å²) in [4.78, 5) is 11.3. The minimum absolute atomic E-state index is 0.190. The van der Waals surface area contributed by atoms with Gasteiger partial charge in [-0.3, -0.25) is 4.90 Å². The second-order valence-electron chi connectivity index (χ2n) is 6.84. The number of nitrogens with zero attached hydrogens (tertiary/aromatic N) is 2. The maximum atomic E-state index is 11.8. The van der Waals surface area contributed by atoms with Gasteiger partial charge in [0.25, 0.3) is 0 Å². The maximum absolute atomic E-state index is 11.8. The Morgan fingerprint density at radius 3 is 2.15 bits per heavy atom. The third-order valence-corrected chi connectivity index (χ3v) is 6.12. The summed E-state index contributed by atoms with van der Waals surface area (Å²) in [5.74, 6) is -2.76. The van der Waals surface area contributed by atoms with Gasteiger partial charge in [0.15, 0.2) is 0 Å². The van der Waals surface area contributed by atoms with Gasteiger partial charge in [-0.05, 0) is 25.3 Å². The smallest absolute Gasteiger partial charge is 0.475 e. The predicted molar refractivity (Wildman–Crippen MR) is 93.6 cm³/mol. The Hall–Kier alpha value is -1.65. The first-order valence-corrected chi connectivity index (χ1v) is 10.3. The molecule has 2 fully saturated rings. The molecule has 0 aromatic heterocycles. The highest BCUT2D eigenvalue weighted by molar-refractivity contribution is 7.88. The van der Waals surface area contributed by atoms with Crippen LogP contribution in [-0.4, -0.2) is 66.3 Å².